The van der Waals surface area contributed by atoms with E-state index in [-0.39, 0.29) is 11.3 Å². The standard InChI is InChI=1S/C19H15NO5/c1-19(2)16-11(6-7-13(20-16)24-3)15(21)14-10-5-4-9(18(22)23)8-12(10)25-17(14)19/h4-8H,1-3H3,(H,22,23). The van der Waals surface area contributed by atoms with Gasteiger partial charge in [-0.15, -0.1) is 0 Å². The predicted molar refractivity (Wildman–Crippen MR) is 89.5 cm³/mol. The third-order valence-electron chi connectivity index (χ3n) is 4.65. The van der Waals surface area contributed by atoms with Gasteiger partial charge >= 0.3 is 5.97 Å². The van der Waals surface area contributed by atoms with Crippen LogP contribution in [0.25, 0.3) is 11.0 Å². The number of ether oxygens (including phenoxy) is 1. The van der Waals surface area contributed by atoms with E-state index in [4.69, 9.17) is 14.3 Å². The predicted octanol–water partition coefficient (Wildman–Crippen LogP) is 3.40. The number of carbonyl (C=O) groups is 2. The molecule has 1 aliphatic carbocycles. The van der Waals surface area contributed by atoms with Gasteiger partial charge in [0.15, 0.2) is 5.78 Å². The first-order valence-electron chi connectivity index (χ1n) is 7.75. The van der Waals surface area contributed by atoms with E-state index in [0.29, 0.717) is 39.4 Å². The second kappa shape index (κ2) is 4.92. The van der Waals surface area contributed by atoms with Gasteiger partial charge in [0.05, 0.1) is 29.3 Å². The van der Waals surface area contributed by atoms with Gasteiger partial charge in [-0.05, 0) is 38.1 Å². The highest BCUT2D eigenvalue weighted by Gasteiger charge is 2.43. The molecule has 126 valence electrons. The molecule has 0 saturated heterocycles. The third kappa shape index (κ3) is 2.00. The maximum Gasteiger partial charge on any atom is 0.335 e. The number of hydrogen-bond donors (Lipinski definition) is 1. The second-order valence-corrected chi connectivity index (χ2v) is 6.53. The Kier molecular flexibility index (Phi) is 3.03. The van der Waals surface area contributed by atoms with Crippen LogP contribution in [0.4, 0.5) is 0 Å². The first-order valence-corrected chi connectivity index (χ1v) is 7.75. The molecule has 0 unspecified atom stereocenters. The Balaban J connectivity index is 2.03. The Morgan fingerprint density at radius 3 is 2.68 bits per heavy atom. The van der Waals surface area contributed by atoms with Crippen LogP contribution in [0.3, 0.4) is 0 Å². The molecule has 0 atom stereocenters. The number of pyridine rings is 1. The van der Waals surface area contributed by atoms with E-state index >= 15 is 0 Å². The fraction of sp³-hybridized carbons (Fsp3) is 0.211. The van der Waals surface area contributed by atoms with Gasteiger partial charge in [0, 0.05) is 17.0 Å². The number of methoxy groups -OCH3 is 1. The molecular formula is C19H15NO5. The number of ketones is 1. The van der Waals surface area contributed by atoms with Crippen molar-refractivity contribution in [1.82, 2.24) is 4.98 Å². The highest BCUT2D eigenvalue weighted by atomic mass is 16.5. The maximum absolute atomic E-state index is 13.0. The van der Waals surface area contributed by atoms with Gasteiger partial charge in [0.25, 0.3) is 0 Å². The molecule has 0 bridgehead atoms. The molecule has 0 spiro atoms. The smallest absolute Gasteiger partial charge is 0.335 e. The minimum atomic E-state index is -1.04. The van der Waals surface area contributed by atoms with Gasteiger partial charge in [-0.1, -0.05) is 0 Å². The lowest BCUT2D eigenvalue weighted by Gasteiger charge is -2.29. The van der Waals surface area contributed by atoms with Crippen molar-refractivity contribution in [2.45, 2.75) is 19.3 Å². The van der Waals surface area contributed by atoms with E-state index in [1.165, 1.54) is 19.2 Å². The Morgan fingerprint density at radius 2 is 2.00 bits per heavy atom. The van der Waals surface area contributed by atoms with Crippen molar-refractivity contribution < 1.29 is 23.8 Å². The van der Waals surface area contributed by atoms with E-state index < -0.39 is 11.4 Å². The Bertz CT molecular complexity index is 1060. The van der Waals surface area contributed by atoms with Crippen molar-refractivity contribution in [1.29, 1.82) is 0 Å². The SMILES string of the molecule is COc1ccc2c(n1)C(C)(C)c1oc3cc(C(=O)O)ccc3c1C2=O. The zero-order valence-electron chi connectivity index (χ0n) is 13.9. The number of carbonyl (C=O) groups excluding carboxylic acids is 1. The van der Waals surface area contributed by atoms with Crippen LogP contribution in [0, 0.1) is 0 Å². The van der Waals surface area contributed by atoms with Crippen molar-refractivity contribution in [2.24, 2.45) is 0 Å². The number of hydrogen-bond acceptors (Lipinski definition) is 5. The van der Waals surface area contributed by atoms with E-state index in [0.717, 1.165) is 0 Å². The van der Waals surface area contributed by atoms with Crippen LogP contribution in [0.2, 0.25) is 0 Å². The van der Waals surface area contributed by atoms with Crippen LogP contribution in [0.15, 0.2) is 34.7 Å². The summed E-state index contributed by atoms with van der Waals surface area (Å²) in [6.45, 7) is 3.84. The quantitative estimate of drug-likeness (QED) is 0.771. The molecule has 0 radical (unpaired) electrons. The fourth-order valence-electron chi connectivity index (χ4n) is 3.35. The van der Waals surface area contributed by atoms with Gasteiger partial charge in [-0.2, -0.15) is 0 Å². The van der Waals surface area contributed by atoms with Crippen molar-refractivity contribution in [2.75, 3.05) is 7.11 Å². The molecule has 1 aliphatic rings. The molecule has 2 heterocycles. The van der Waals surface area contributed by atoms with Crippen molar-refractivity contribution in [3.8, 4) is 5.88 Å². The number of rotatable bonds is 2. The first-order chi connectivity index (χ1) is 11.8. The van der Waals surface area contributed by atoms with Gasteiger partial charge in [-0.25, -0.2) is 9.78 Å². The fourth-order valence-corrected chi connectivity index (χ4v) is 3.35. The van der Waals surface area contributed by atoms with Gasteiger partial charge < -0.3 is 14.3 Å². The van der Waals surface area contributed by atoms with E-state index in [2.05, 4.69) is 4.98 Å². The molecule has 0 fully saturated rings. The molecule has 3 aromatic rings. The summed E-state index contributed by atoms with van der Waals surface area (Å²) in [6.07, 6.45) is 0. The van der Waals surface area contributed by atoms with E-state index in [9.17, 15) is 9.59 Å². The molecule has 1 N–H and O–H groups in total. The molecule has 0 saturated carbocycles. The summed E-state index contributed by atoms with van der Waals surface area (Å²) in [7, 11) is 1.52. The van der Waals surface area contributed by atoms with Gasteiger partial charge in [0.1, 0.15) is 11.3 Å². The van der Waals surface area contributed by atoms with Crippen molar-refractivity contribution in [3.63, 3.8) is 0 Å². The molecule has 6 heteroatoms. The zero-order chi connectivity index (χ0) is 17.9. The Hall–Kier alpha value is -3.15. The average molecular weight is 337 g/mol. The lowest BCUT2D eigenvalue weighted by atomic mass is 9.74. The minimum Gasteiger partial charge on any atom is -0.481 e. The maximum atomic E-state index is 13.0. The van der Waals surface area contributed by atoms with Gasteiger partial charge in [0.2, 0.25) is 5.88 Å². The Labute approximate surface area is 143 Å². The molecule has 2 aromatic heterocycles. The summed E-state index contributed by atoms with van der Waals surface area (Å²) in [5.74, 6) is -0.312. The summed E-state index contributed by atoms with van der Waals surface area (Å²) in [5.41, 5.74) is 1.39. The van der Waals surface area contributed by atoms with E-state index in [1.54, 1.807) is 18.2 Å². The molecule has 4 rings (SSSR count). The first kappa shape index (κ1) is 15.4. The number of furan rings is 1. The number of aromatic nitrogens is 1. The summed E-state index contributed by atoms with van der Waals surface area (Å²) >= 11 is 0. The van der Waals surface area contributed by atoms with Gasteiger partial charge in [-0.3, -0.25) is 4.79 Å². The Morgan fingerprint density at radius 1 is 1.24 bits per heavy atom. The number of fused-ring (bicyclic) bond motifs is 4. The topological polar surface area (TPSA) is 89.6 Å². The number of benzene rings is 1. The van der Waals surface area contributed by atoms with Crippen LogP contribution in [0.1, 0.15) is 51.6 Å². The lowest BCUT2D eigenvalue weighted by Crippen LogP contribution is -2.30. The van der Waals surface area contributed by atoms with Crippen LogP contribution >= 0.6 is 0 Å². The molecule has 0 amide bonds. The lowest BCUT2D eigenvalue weighted by molar-refractivity contribution is 0.0696. The molecule has 1 aromatic carbocycles. The molecular weight excluding hydrogens is 322 g/mol. The van der Waals surface area contributed by atoms with E-state index in [1.807, 2.05) is 13.8 Å². The second-order valence-electron chi connectivity index (χ2n) is 6.53. The minimum absolute atomic E-state index is 0.112. The summed E-state index contributed by atoms with van der Waals surface area (Å²) in [6, 6.07) is 7.90. The monoisotopic (exact) mass is 337 g/mol. The third-order valence-corrected chi connectivity index (χ3v) is 4.65. The van der Waals surface area contributed by atoms with Crippen LogP contribution in [0.5, 0.6) is 5.88 Å². The van der Waals surface area contributed by atoms with Crippen LogP contribution in [-0.2, 0) is 5.41 Å². The molecule has 0 aliphatic heterocycles. The number of carboxylic acids is 1. The van der Waals surface area contributed by atoms with Crippen molar-refractivity contribution in [3.05, 3.63) is 58.5 Å². The zero-order valence-corrected chi connectivity index (χ0v) is 13.9. The summed E-state index contributed by atoms with van der Waals surface area (Å²) in [5, 5.41) is 9.78. The van der Waals surface area contributed by atoms with Crippen molar-refractivity contribution >= 4 is 22.7 Å². The highest BCUT2D eigenvalue weighted by Crippen LogP contribution is 2.45. The number of aromatic carboxylic acids is 1. The summed E-state index contributed by atoms with van der Waals surface area (Å²) < 4.78 is 11.1. The average Bonchev–Trinajstić information content (AvgIpc) is 2.99. The van der Waals surface area contributed by atoms with Crippen LogP contribution in [-0.4, -0.2) is 29.0 Å². The normalized spacial score (nSPS) is 14.9. The number of carboxylic acid groups (broad SMARTS) is 1. The molecule has 6 nitrogen and oxygen atoms in total. The molecule has 25 heavy (non-hydrogen) atoms. The summed E-state index contributed by atoms with van der Waals surface area (Å²) in [4.78, 5) is 28.7. The van der Waals surface area contributed by atoms with Crippen LogP contribution < -0.4 is 4.74 Å². The highest BCUT2D eigenvalue weighted by molar-refractivity contribution is 6.19. The largest absolute Gasteiger partial charge is 0.481 e. The number of nitrogens with zero attached hydrogens (tertiary/aromatic N) is 1.